The molecule has 2 fully saturated rings. The van der Waals surface area contributed by atoms with E-state index in [0.29, 0.717) is 25.9 Å². The highest BCUT2D eigenvalue weighted by molar-refractivity contribution is 5.93. The second-order valence-corrected chi connectivity index (χ2v) is 6.99. The molecule has 136 valence electrons. The van der Waals surface area contributed by atoms with Crippen LogP contribution in [0.4, 0.5) is 0 Å². The summed E-state index contributed by atoms with van der Waals surface area (Å²) in [6.07, 6.45) is 1.88. The number of aliphatic hydroxyl groups is 1. The van der Waals surface area contributed by atoms with Gasteiger partial charge in [0.15, 0.2) is 0 Å². The van der Waals surface area contributed by atoms with Gasteiger partial charge in [0.1, 0.15) is 17.6 Å². The van der Waals surface area contributed by atoms with Gasteiger partial charge >= 0.3 is 5.76 Å². The third-order valence-corrected chi connectivity index (χ3v) is 5.12. The molecule has 26 heavy (non-hydrogen) atoms. The first-order valence-electron chi connectivity index (χ1n) is 8.50. The van der Waals surface area contributed by atoms with Crippen molar-refractivity contribution in [1.82, 2.24) is 15.2 Å². The Balaban J connectivity index is 1.26. The number of benzene rings is 1. The third kappa shape index (κ3) is 2.92. The van der Waals surface area contributed by atoms with Crippen LogP contribution in [0.2, 0.25) is 0 Å². The SMILES string of the molecule is O=C(c1coc(=O)[nH]1)N1CC(NC(=O)C2(O)CC(c3ccccc3)C2)C1. The second-order valence-electron chi connectivity index (χ2n) is 6.99. The number of rotatable bonds is 4. The molecule has 8 heteroatoms. The minimum absolute atomic E-state index is 0.0862. The number of aromatic nitrogens is 1. The summed E-state index contributed by atoms with van der Waals surface area (Å²) < 4.78 is 4.55. The Labute approximate surface area is 148 Å². The maximum Gasteiger partial charge on any atom is 0.416 e. The summed E-state index contributed by atoms with van der Waals surface area (Å²) in [5.74, 6) is -1.24. The lowest BCUT2D eigenvalue weighted by molar-refractivity contribution is -0.152. The monoisotopic (exact) mass is 357 g/mol. The lowest BCUT2D eigenvalue weighted by Gasteiger charge is -2.45. The van der Waals surface area contributed by atoms with Crippen LogP contribution in [-0.4, -0.2) is 51.5 Å². The standard InChI is InChI=1S/C18H19N3O5/c22-15(14-10-26-17(24)20-14)21-8-13(9-21)19-16(23)18(25)6-12(7-18)11-4-2-1-3-5-11/h1-5,10,12-13,25H,6-9H2,(H,19,23)(H,20,24). The van der Waals surface area contributed by atoms with Crippen LogP contribution >= 0.6 is 0 Å². The summed E-state index contributed by atoms with van der Waals surface area (Å²) in [6.45, 7) is 0.659. The molecule has 2 heterocycles. The average Bonchev–Trinajstić information content (AvgIpc) is 3.01. The van der Waals surface area contributed by atoms with Crippen molar-refractivity contribution in [3.8, 4) is 0 Å². The zero-order chi connectivity index (χ0) is 18.3. The van der Waals surface area contributed by atoms with E-state index in [9.17, 15) is 19.5 Å². The molecule has 1 aromatic carbocycles. The van der Waals surface area contributed by atoms with Crippen LogP contribution in [0.15, 0.2) is 45.8 Å². The first-order chi connectivity index (χ1) is 12.4. The van der Waals surface area contributed by atoms with Gasteiger partial charge in [0.05, 0.1) is 6.04 Å². The number of amides is 2. The Morgan fingerprint density at radius 1 is 1.23 bits per heavy atom. The maximum absolute atomic E-state index is 12.3. The summed E-state index contributed by atoms with van der Waals surface area (Å²) in [4.78, 5) is 39.1. The fraction of sp³-hybridized carbons (Fsp3) is 0.389. The van der Waals surface area contributed by atoms with Gasteiger partial charge in [-0.3, -0.25) is 14.6 Å². The Morgan fingerprint density at radius 2 is 1.92 bits per heavy atom. The molecule has 1 aliphatic carbocycles. The van der Waals surface area contributed by atoms with E-state index in [2.05, 4.69) is 14.7 Å². The number of carbonyl (C=O) groups is 2. The van der Waals surface area contributed by atoms with E-state index < -0.39 is 17.3 Å². The van der Waals surface area contributed by atoms with E-state index in [1.807, 2.05) is 30.3 Å². The molecule has 3 N–H and O–H groups in total. The maximum atomic E-state index is 12.3. The predicted octanol–water partition coefficient (Wildman–Crippen LogP) is 0.217. The van der Waals surface area contributed by atoms with E-state index in [0.717, 1.165) is 11.8 Å². The summed E-state index contributed by atoms with van der Waals surface area (Å²) >= 11 is 0. The van der Waals surface area contributed by atoms with Crippen LogP contribution in [-0.2, 0) is 4.79 Å². The molecule has 1 aliphatic heterocycles. The van der Waals surface area contributed by atoms with Gasteiger partial charge in [-0.25, -0.2) is 4.79 Å². The number of nitrogens with zero attached hydrogens (tertiary/aromatic N) is 1. The number of aromatic amines is 1. The molecule has 2 amide bonds. The van der Waals surface area contributed by atoms with E-state index in [-0.39, 0.29) is 23.6 Å². The van der Waals surface area contributed by atoms with Gasteiger partial charge in [0, 0.05) is 13.1 Å². The first kappa shape index (κ1) is 16.6. The van der Waals surface area contributed by atoms with E-state index in [4.69, 9.17) is 0 Å². The molecular weight excluding hydrogens is 338 g/mol. The molecule has 0 atom stereocenters. The van der Waals surface area contributed by atoms with Crippen LogP contribution < -0.4 is 11.1 Å². The normalized spacial score (nSPS) is 25.3. The Morgan fingerprint density at radius 3 is 2.54 bits per heavy atom. The van der Waals surface area contributed by atoms with E-state index in [1.54, 1.807) is 0 Å². The van der Waals surface area contributed by atoms with Gasteiger partial charge < -0.3 is 19.7 Å². The first-order valence-corrected chi connectivity index (χ1v) is 8.50. The van der Waals surface area contributed by atoms with Gasteiger partial charge in [0.2, 0.25) is 0 Å². The zero-order valence-corrected chi connectivity index (χ0v) is 14.0. The number of likely N-dealkylation sites (tertiary alicyclic amines) is 1. The summed E-state index contributed by atoms with van der Waals surface area (Å²) in [7, 11) is 0. The molecule has 1 saturated heterocycles. The van der Waals surface area contributed by atoms with Crippen LogP contribution in [0.5, 0.6) is 0 Å². The molecule has 0 unspecified atom stereocenters. The quantitative estimate of drug-likeness (QED) is 0.724. The van der Waals surface area contributed by atoms with Crippen LogP contribution in [0.25, 0.3) is 0 Å². The molecule has 0 bridgehead atoms. The summed E-state index contributed by atoms with van der Waals surface area (Å²) in [5.41, 5.74) is -0.136. The number of carbonyl (C=O) groups excluding carboxylic acids is 2. The van der Waals surface area contributed by atoms with Crippen LogP contribution in [0.1, 0.15) is 34.8 Å². The fourth-order valence-corrected chi connectivity index (χ4v) is 3.51. The van der Waals surface area contributed by atoms with Crippen molar-refractivity contribution in [2.75, 3.05) is 13.1 Å². The van der Waals surface area contributed by atoms with Crippen molar-refractivity contribution < 1.29 is 19.1 Å². The molecule has 2 aliphatic rings. The van der Waals surface area contributed by atoms with Crippen molar-refractivity contribution >= 4 is 11.8 Å². The Kier molecular flexibility index (Phi) is 3.91. The number of nitrogens with one attached hydrogen (secondary N) is 2. The van der Waals surface area contributed by atoms with Gasteiger partial charge in [-0.1, -0.05) is 30.3 Å². The molecule has 0 radical (unpaired) electrons. The minimum atomic E-state index is -1.35. The van der Waals surface area contributed by atoms with E-state index >= 15 is 0 Å². The van der Waals surface area contributed by atoms with E-state index in [1.165, 1.54) is 4.90 Å². The summed E-state index contributed by atoms with van der Waals surface area (Å²) in [5, 5.41) is 13.3. The lowest BCUT2D eigenvalue weighted by Crippen LogP contribution is -2.65. The minimum Gasteiger partial charge on any atom is -0.416 e. The largest absolute Gasteiger partial charge is 0.416 e. The Hall–Kier alpha value is -2.87. The number of H-pyrrole nitrogens is 1. The smallest absolute Gasteiger partial charge is 0.416 e. The Bertz CT molecular complexity index is 875. The highest BCUT2D eigenvalue weighted by Crippen LogP contribution is 2.44. The molecule has 8 nitrogen and oxygen atoms in total. The second kappa shape index (κ2) is 6.14. The molecule has 4 rings (SSSR count). The number of hydrogen-bond acceptors (Lipinski definition) is 5. The van der Waals surface area contributed by atoms with Crippen molar-refractivity contribution in [1.29, 1.82) is 0 Å². The van der Waals surface area contributed by atoms with Gasteiger partial charge in [-0.05, 0) is 24.3 Å². The molecule has 1 aromatic heterocycles. The predicted molar refractivity (Wildman–Crippen MR) is 90.5 cm³/mol. The van der Waals surface area contributed by atoms with Crippen LogP contribution in [0, 0.1) is 0 Å². The van der Waals surface area contributed by atoms with Crippen molar-refractivity contribution in [2.45, 2.75) is 30.4 Å². The zero-order valence-electron chi connectivity index (χ0n) is 14.0. The topological polar surface area (TPSA) is 116 Å². The molecule has 1 saturated carbocycles. The number of oxazole rings is 1. The van der Waals surface area contributed by atoms with Crippen molar-refractivity contribution in [3.05, 3.63) is 58.4 Å². The third-order valence-electron chi connectivity index (χ3n) is 5.12. The van der Waals surface area contributed by atoms with Gasteiger partial charge in [-0.2, -0.15) is 0 Å². The summed E-state index contributed by atoms with van der Waals surface area (Å²) in [6, 6.07) is 9.62. The highest BCUT2D eigenvalue weighted by atomic mass is 16.4. The van der Waals surface area contributed by atoms with Crippen molar-refractivity contribution in [3.63, 3.8) is 0 Å². The van der Waals surface area contributed by atoms with Crippen molar-refractivity contribution in [2.24, 2.45) is 0 Å². The molecule has 0 spiro atoms. The average molecular weight is 357 g/mol. The molecule has 2 aromatic rings. The van der Waals surface area contributed by atoms with Gasteiger partial charge in [0.25, 0.3) is 11.8 Å². The van der Waals surface area contributed by atoms with Crippen LogP contribution in [0.3, 0.4) is 0 Å². The lowest BCUT2D eigenvalue weighted by atomic mass is 9.67. The fourth-order valence-electron chi connectivity index (χ4n) is 3.51. The van der Waals surface area contributed by atoms with Gasteiger partial charge in [-0.15, -0.1) is 0 Å². The highest BCUT2D eigenvalue weighted by Gasteiger charge is 2.50. The molecular formula is C18H19N3O5. The number of hydrogen-bond donors (Lipinski definition) is 3.